The third-order valence-corrected chi connectivity index (χ3v) is 4.68. The summed E-state index contributed by atoms with van der Waals surface area (Å²) in [7, 11) is 0. The van der Waals surface area contributed by atoms with Crippen molar-refractivity contribution < 1.29 is 0 Å². The van der Waals surface area contributed by atoms with Crippen LogP contribution in [-0.4, -0.2) is 9.38 Å². The van der Waals surface area contributed by atoms with Crippen LogP contribution in [0.2, 0.25) is 0 Å². The predicted octanol–water partition coefficient (Wildman–Crippen LogP) is 6.65. The summed E-state index contributed by atoms with van der Waals surface area (Å²) in [5.74, 6) is 0.746. The molecule has 0 amide bonds. The van der Waals surface area contributed by atoms with Gasteiger partial charge in [-0.15, -0.1) is 10.2 Å². The number of benzene rings is 2. The second-order valence-corrected chi connectivity index (χ2v) is 7.03. The molecule has 0 fully saturated rings. The Hall–Kier alpha value is -3.27. The van der Waals surface area contributed by atoms with E-state index < -0.39 is 0 Å². The van der Waals surface area contributed by atoms with Crippen LogP contribution in [0.3, 0.4) is 0 Å². The Morgan fingerprint density at radius 1 is 0.778 bits per heavy atom. The SMILES string of the molecule is Cc1cc(C)c(N=Nc2c(-c3ccccc3)nc3cc(C)ccn23)c(C)c1. The highest BCUT2D eigenvalue weighted by atomic mass is 15.2. The van der Waals surface area contributed by atoms with Crippen molar-refractivity contribution in [3.63, 3.8) is 0 Å². The fraction of sp³-hybridized carbons (Fsp3) is 0.174. The summed E-state index contributed by atoms with van der Waals surface area (Å²) in [4.78, 5) is 4.82. The van der Waals surface area contributed by atoms with Gasteiger partial charge in [-0.3, -0.25) is 4.40 Å². The van der Waals surface area contributed by atoms with Crippen LogP contribution in [0.15, 0.2) is 71.0 Å². The number of azo groups is 1. The first-order chi connectivity index (χ1) is 13.0. The summed E-state index contributed by atoms with van der Waals surface area (Å²) >= 11 is 0. The first-order valence-corrected chi connectivity index (χ1v) is 9.06. The predicted molar refractivity (Wildman–Crippen MR) is 110 cm³/mol. The third-order valence-electron chi connectivity index (χ3n) is 4.68. The molecule has 0 unspecified atom stereocenters. The molecule has 2 heterocycles. The van der Waals surface area contributed by atoms with Crippen molar-refractivity contribution in [3.05, 3.63) is 83.0 Å². The molecule has 0 radical (unpaired) electrons. The van der Waals surface area contributed by atoms with Crippen LogP contribution < -0.4 is 0 Å². The van der Waals surface area contributed by atoms with Crippen molar-refractivity contribution in [3.8, 4) is 11.3 Å². The molecule has 0 saturated heterocycles. The van der Waals surface area contributed by atoms with E-state index in [4.69, 9.17) is 4.98 Å². The highest BCUT2D eigenvalue weighted by Gasteiger charge is 2.14. The summed E-state index contributed by atoms with van der Waals surface area (Å²) < 4.78 is 2.00. The zero-order chi connectivity index (χ0) is 19.0. The van der Waals surface area contributed by atoms with Crippen molar-refractivity contribution in [1.82, 2.24) is 9.38 Å². The van der Waals surface area contributed by atoms with Crippen molar-refractivity contribution in [2.45, 2.75) is 27.7 Å². The van der Waals surface area contributed by atoms with Crippen LogP contribution in [0.1, 0.15) is 22.3 Å². The molecule has 4 heteroatoms. The first kappa shape index (κ1) is 17.2. The largest absolute Gasteiger partial charge is 0.283 e. The number of aryl methyl sites for hydroxylation is 4. The van der Waals surface area contributed by atoms with Crippen LogP contribution in [0.25, 0.3) is 16.9 Å². The van der Waals surface area contributed by atoms with Crippen LogP contribution in [0.4, 0.5) is 11.5 Å². The lowest BCUT2D eigenvalue weighted by atomic mass is 10.1. The van der Waals surface area contributed by atoms with E-state index in [2.05, 4.69) is 74.3 Å². The average molecular weight is 354 g/mol. The van der Waals surface area contributed by atoms with Gasteiger partial charge in [-0.05, 0) is 56.5 Å². The van der Waals surface area contributed by atoms with Crippen molar-refractivity contribution >= 4 is 17.2 Å². The molecule has 4 nitrogen and oxygen atoms in total. The molecule has 4 aromatic rings. The molecule has 0 aliphatic heterocycles. The molecule has 2 aromatic heterocycles. The molecular formula is C23H22N4. The van der Waals surface area contributed by atoms with E-state index in [0.29, 0.717) is 0 Å². The molecule has 4 rings (SSSR count). The molecule has 0 spiro atoms. The summed E-state index contributed by atoms with van der Waals surface area (Å²) in [6, 6.07) is 18.5. The Labute approximate surface area is 159 Å². The number of nitrogens with zero attached hydrogens (tertiary/aromatic N) is 4. The molecule has 0 saturated carbocycles. The number of aromatic nitrogens is 2. The van der Waals surface area contributed by atoms with Gasteiger partial charge in [0.2, 0.25) is 0 Å². The lowest BCUT2D eigenvalue weighted by molar-refractivity contribution is 1.09. The fourth-order valence-electron chi connectivity index (χ4n) is 3.45. The highest BCUT2D eigenvalue weighted by molar-refractivity contribution is 5.74. The van der Waals surface area contributed by atoms with Gasteiger partial charge in [0.15, 0.2) is 5.82 Å². The monoisotopic (exact) mass is 354 g/mol. The molecule has 0 bridgehead atoms. The smallest absolute Gasteiger partial charge is 0.187 e. The Morgan fingerprint density at radius 2 is 1.48 bits per heavy atom. The maximum atomic E-state index is 4.82. The second kappa shape index (κ2) is 6.80. The van der Waals surface area contributed by atoms with Gasteiger partial charge in [-0.25, -0.2) is 4.98 Å². The van der Waals surface area contributed by atoms with Crippen LogP contribution in [-0.2, 0) is 0 Å². The van der Waals surface area contributed by atoms with Gasteiger partial charge >= 0.3 is 0 Å². The van der Waals surface area contributed by atoms with Crippen LogP contribution in [0, 0.1) is 27.7 Å². The van der Waals surface area contributed by atoms with E-state index in [0.717, 1.165) is 39.5 Å². The van der Waals surface area contributed by atoms with Gasteiger partial charge in [-0.2, -0.15) is 0 Å². The van der Waals surface area contributed by atoms with E-state index in [1.807, 2.05) is 28.8 Å². The number of hydrogen-bond acceptors (Lipinski definition) is 3. The first-order valence-electron chi connectivity index (χ1n) is 9.06. The van der Waals surface area contributed by atoms with E-state index in [1.54, 1.807) is 0 Å². The Bertz CT molecular complexity index is 1130. The van der Waals surface area contributed by atoms with Crippen molar-refractivity contribution in [1.29, 1.82) is 0 Å². The Balaban J connectivity index is 1.90. The van der Waals surface area contributed by atoms with E-state index in [-0.39, 0.29) is 0 Å². The minimum absolute atomic E-state index is 0.746. The molecule has 0 aliphatic carbocycles. The number of fused-ring (bicyclic) bond motifs is 1. The number of rotatable bonds is 3. The molecule has 134 valence electrons. The van der Waals surface area contributed by atoms with Crippen LogP contribution >= 0.6 is 0 Å². The molecule has 27 heavy (non-hydrogen) atoms. The maximum Gasteiger partial charge on any atom is 0.187 e. The van der Waals surface area contributed by atoms with Crippen LogP contribution in [0.5, 0.6) is 0 Å². The third kappa shape index (κ3) is 3.26. The number of imidazole rings is 1. The Kier molecular flexibility index (Phi) is 4.32. The quantitative estimate of drug-likeness (QED) is 0.380. The lowest BCUT2D eigenvalue weighted by Crippen LogP contribution is -1.85. The molecule has 0 atom stereocenters. The zero-order valence-corrected chi connectivity index (χ0v) is 16.1. The second-order valence-electron chi connectivity index (χ2n) is 7.03. The van der Waals surface area contributed by atoms with Crippen molar-refractivity contribution in [2.75, 3.05) is 0 Å². The zero-order valence-electron chi connectivity index (χ0n) is 16.1. The van der Waals surface area contributed by atoms with Gasteiger partial charge in [0.05, 0.1) is 5.69 Å². The van der Waals surface area contributed by atoms with E-state index in [1.165, 1.54) is 11.1 Å². The minimum atomic E-state index is 0.746. The van der Waals surface area contributed by atoms with Gasteiger partial charge < -0.3 is 0 Å². The highest BCUT2D eigenvalue weighted by Crippen LogP contribution is 2.34. The Morgan fingerprint density at radius 3 is 2.19 bits per heavy atom. The number of hydrogen-bond donors (Lipinski definition) is 0. The normalized spacial score (nSPS) is 11.6. The summed E-state index contributed by atoms with van der Waals surface area (Å²) in [6.07, 6.45) is 2.01. The van der Waals surface area contributed by atoms with E-state index in [9.17, 15) is 0 Å². The standard InChI is InChI=1S/C23H22N4/c1-15-10-11-27-20(14-15)24-22(19-8-6-5-7-9-19)23(27)26-25-21-17(3)12-16(2)13-18(21)4/h5-14H,1-4H3. The van der Waals surface area contributed by atoms with Crippen molar-refractivity contribution in [2.24, 2.45) is 10.2 Å². The molecule has 2 aromatic carbocycles. The van der Waals surface area contributed by atoms with Gasteiger partial charge in [0.1, 0.15) is 11.3 Å². The maximum absolute atomic E-state index is 4.82. The topological polar surface area (TPSA) is 42.0 Å². The molecule has 0 aliphatic rings. The van der Waals surface area contributed by atoms with Gasteiger partial charge in [0.25, 0.3) is 0 Å². The minimum Gasteiger partial charge on any atom is -0.283 e. The molecular weight excluding hydrogens is 332 g/mol. The van der Waals surface area contributed by atoms with Gasteiger partial charge in [0, 0.05) is 11.8 Å². The summed E-state index contributed by atoms with van der Waals surface area (Å²) in [5.41, 5.74) is 8.32. The molecule has 0 N–H and O–H groups in total. The fourth-order valence-corrected chi connectivity index (χ4v) is 3.45. The summed E-state index contributed by atoms with van der Waals surface area (Å²) in [5, 5.41) is 9.26. The van der Waals surface area contributed by atoms with E-state index >= 15 is 0 Å². The average Bonchev–Trinajstić information content (AvgIpc) is 2.99. The van der Waals surface area contributed by atoms with Gasteiger partial charge in [-0.1, -0.05) is 48.0 Å². The lowest BCUT2D eigenvalue weighted by Gasteiger charge is -2.06. The summed E-state index contributed by atoms with van der Waals surface area (Å²) in [6.45, 7) is 8.31. The number of pyridine rings is 1.